The summed E-state index contributed by atoms with van der Waals surface area (Å²) in [4.78, 5) is 98.8. The number of hydrogen-bond donors (Lipinski definition) is 6. The van der Waals surface area contributed by atoms with Gasteiger partial charge in [-0.05, 0) is 222 Å². The molecule has 0 saturated heterocycles. The van der Waals surface area contributed by atoms with Gasteiger partial charge in [0, 0.05) is 64.2 Å². The summed E-state index contributed by atoms with van der Waals surface area (Å²) in [7, 11) is 1.76. The largest absolute Gasteiger partial charge is 0.444 e. The fraction of sp³-hybridized carbons (Fsp3) is 0.923. The second kappa shape index (κ2) is 60.5. The normalized spacial score (nSPS) is 13.6. The lowest BCUT2D eigenvalue weighted by Gasteiger charge is -2.49. The summed E-state index contributed by atoms with van der Waals surface area (Å²) in [5.74, 6) is -0.329. The van der Waals surface area contributed by atoms with Crippen LogP contribution in [0.15, 0.2) is 0 Å². The summed E-state index contributed by atoms with van der Waals surface area (Å²) in [6.07, 6.45) is 49.6. The molecule has 7 N–H and O–H groups in total. The van der Waals surface area contributed by atoms with Crippen LogP contribution in [-0.4, -0.2) is 150 Å². The van der Waals surface area contributed by atoms with E-state index in [4.69, 9.17) is 34.2 Å². The lowest BCUT2D eigenvalue weighted by molar-refractivity contribution is -0.121. The average molecular weight is 1590 g/mol. The molecule has 0 heterocycles. The molecule has 3 atom stereocenters. The summed E-state index contributed by atoms with van der Waals surface area (Å²) in [5, 5.41) is 15.0. The highest BCUT2D eigenvalue weighted by atomic mass is 16.6. The number of unbranched alkanes of at least 4 members (excludes halogenated alkanes) is 36. The molecule has 0 spiro atoms. The van der Waals surface area contributed by atoms with Gasteiger partial charge in [-0.3, -0.25) is 4.79 Å². The summed E-state index contributed by atoms with van der Waals surface area (Å²) < 4.78 is 34.9. The fourth-order valence-corrected chi connectivity index (χ4v) is 14.5. The van der Waals surface area contributed by atoms with Crippen LogP contribution >= 0.6 is 0 Å². The highest BCUT2D eigenvalue weighted by Gasteiger charge is 2.46. The van der Waals surface area contributed by atoms with Gasteiger partial charge in [0.05, 0.1) is 5.54 Å². The van der Waals surface area contributed by atoms with Gasteiger partial charge in [0.1, 0.15) is 33.6 Å². The van der Waals surface area contributed by atoms with Crippen molar-refractivity contribution in [3.8, 4) is 0 Å². The van der Waals surface area contributed by atoms with Gasteiger partial charge in [-0.1, -0.05) is 218 Å². The molecule has 0 radical (unpaired) electrons. The molecule has 660 valence electrons. The highest BCUT2D eigenvalue weighted by molar-refractivity contribution is 5.75. The number of carbonyl (C=O) groups excluding carboxylic acids is 7. The van der Waals surface area contributed by atoms with E-state index in [0.717, 1.165) is 51.5 Å². The second-order valence-corrected chi connectivity index (χ2v) is 38.8. The van der Waals surface area contributed by atoms with Gasteiger partial charge in [-0.25, -0.2) is 28.8 Å². The maximum atomic E-state index is 15.0. The molecule has 21 heteroatoms. The molecule has 0 aromatic heterocycles. The van der Waals surface area contributed by atoms with Crippen LogP contribution < -0.4 is 32.3 Å². The highest BCUT2D eigenvalue weighted by Crippen LogP contribution is 2.40. The smallest absolute Gasteiger partial charge is 0.410 e. The summed E-state index contributed by atoms with van der Waals surface area (Å²) in [6.45, 7) is 37.1. The van der Waals surface area contributed by atoms with Crippen molar-refractivity contribution in [1.29, 1.82) is 0 Å². The van der Waals surface area contributed by atoms with Gasteiger partial charge >= 0.3 is 36.6 Å². The Morgan fingerprint density at radius 2 is 0.589 bits per heavy atom. The van der Waals surface area contributed by atoms with Crippen molar-refractivity contribution >= 4 is 42.5 Å². The molecule has 7 amide bonds. The van der Waals surface area contributed by atoms with Crippen molar-refractivity contribution in [3.05, 3.63) is 0 Å². The molecule has 0 fully saturated rings. The summed E-state index contributed by atoms with van der Waals surface area (Å²) in [5.41, 5.74) is -0.902. The second-order valence-electron chi connectivity index (χ2n) is 38.8. The first kappa shape index (κ1) is 107. The first-order chi connectivity index (χ1) is 52.5. The zero-order chi connectivity index (χ0) is 84.4. The van der Waals surface area contributed by atoms with Crippen LogP contribution in [0.3, 0.4) is 0 Å². The Morgan fingerprint density at radius 3 is 0.964 bits per heavy atom. The number of nitrogens with one attached hydrogen (secondary N) is 5. The number of hydrogen-bond acceptors (Lipinski definition) is 14. The van der Waals surface area contributed by atoms with E-state index in [9.17, 15) is 33.6 Å². The monoisotopic (exact) mass is 1590 g/mol. The van der Waals surface area contributed by atoms with Crippen molar-refractivity contribution in [2.75, 3.05) is 52.9 Å². The van der Waals surface area contributed by atoms with E-state index in [0.29, 0.717) is 83.7 Å². The molecule has 21 nitrogen and oxygen atoms in total. The summed E-state index contributed by atoms with van der Waals surface area (Å²) in [6, 6.07) is 0. The van der Waals surface area contributed by atoms with E-state index in [-0.39, 0.29) is 32.1 Å². The number of ether oxygens (including phenoxy) is 6. The molecule has 0 rings (SSSR count). The Morgan fingerprint density at radius 1 is 0.304 bits per heavy atom. The van der Waals surface area contributed by atoms with Crippen LogP contribution in [0.1, 0.15) is 440 Å². The molecule has 0 aromatic rings. The third-order valence-electron chi connectivity index (χ3n) is 20.3. The average Bonchev–Trinajstić information content (AvgIpc) is 0.780. The molecule has 0 aliphatic rings. The number of nitrogens with zero attached hydrogens (tertiary/aromatic N) is 2. The van der Waals surface area contributed by atoms with Crippen molar-refractivity contribution < 1.29 is 62.0 Å². The molecule has 0 aliphatic carbocycles. The van der Waals surface area contributed by atoms with Gasteiger partial charge in [-0.2, -0.15) is 0 Å². The van der Waals surface area contributed by atoms with E-state index in [1.165, 1.54) is 193 Å². The number of amides is 7. The predicted molar refractivity (Wildman–Crippen MR) is 462 cm³/mol. The number of carbonyl (C=O) groups is 7. The Labute approximate surface area is 686 Å². The Bertz CT molecular complexity index is 2440. The van der Waals surface area contributed by atoms with E-state index in [2.05, 4.69) is 26.6 Å². The third-order valence-corrected chi connectivity index (χ3v) is 20.3. The lowest BCUT2D eigenvalue weighted by Crippen LogP contribution is -2.59. The fourth-order valence-electron chi connectivity index (χ4n) is 14.5. The molecule has 0 aliphatic heterocycles. The molecular weight excluding hydrogens is 1410 g/mol. The van der Waals surface area contributed by atoms with Gasteiger partial charge in [0.25, 0.3) is 0 Å². The minimum absolute atomic E-state index is 0.0881. The zero-order valence-corrected chi connectivity index (χ0v) is 76.2. The minimum Gasteiger partial charge on any atom is -0.444 e. The van der Waals surface area contributed by atoms with Crippen molar-refractivity contribution in [3.63, 3.8) is 0 Å². The predicted octanol–water partition coefficient (Wildman–Crippen LogP) is 24.1. The Hall–Kier alpha value is -4.95. The molecule has 0 aromatic carbocycles. The van der Waals surface area contributed by atoms with Crippen molar-refractivity contribution in [1.82, 2.24) is 36.4 Å². The molecule has 0 bridgehead atoms. The van der Waals surface area contributed by atoms with Crippen LogP contribution in [0.25, 0.3) is 0 Å². The van der Waals surface area contributed by atoms with E-state index >= 15 is 0 Å². The topological polar surface area (TPSA) is 268 Å². The van der Waals surface area contributed by atoms with Gasteiger partial charge < -0.3 is 70.5 Å². The van der Waals surface area contributed by atoms with Crippen molar-refractivity contribution in [2.45, 2.75) is 484 Å². The quantitative estimate of drug-likeness (QED) is 0.0244. The van der Waals surface area contributed by atoms with Crippen molar-refractivity contribution in [2.24, 2.45) is 11.7 Å². The Balaban J connectivity index is 6.02. The van der Waals surface area contributed by atoms with Gasteiger partial charge in [-0.15, -0.1) is 0 Å². The van der Waals surface area contributed by atoms with Crippen LogP contribution in [0, 0.1) is 5.92 Å². The van der Waals surface area contributed by atoms with E-state index < -0.39 is 87.2 Å². The number of rotatable bonds is 64. The van der Waals surface area contributed by atoms with Crippen LogP contribution in [-0.2, 0) is 33.2 Å². The lowest BCUT2D eigenvalue weighted by atomic mass is 9.72. The molecule has 3 unspecified atom stereocenters. The van der Waals surface area contributed by atoms with E-state index in [1.54, 1.807) is 79.2 Å². The SMILES string of the molecule is CN(C(=O)OC(C)(C)C)C(CCCCNC(=O)OC(C)(C)C)(CCCNC(=O)OC(C)(C)C)C(CCCCCCNC(=O)CCCCCCCCCCCCCCCCCCCCCCCCCCCCCCCCCCCN)CN(CCCC(C)(CCCNC(=O)OC(C)(C)C)NC(=O)OC(C)(C)C)C(=O)OC(C)(C)C. The standard InChI is InChI=1S/C91H178N8O13/c1-84(2,3)107-78(101)94-71-59-56-67-91(98(20)82(105)111-88(13,14)15,68-61-73-96-80(103)109-86(7,8)9)76(75-99(83(106)112-89(16,17)18)74-62-66-90(19,97-81(104)110-87(10,11)12)65-60-72-95-79(102)108-85(4,5)6)63-54-51-53-58-70-93-77(100)64-55-50-48-46-44-42-40-38-36-34-32-30-28-26-24-22-21-23-25-27-29-31-33-35-37-39-41-43-45-47-49-52-57-69-92/h76H,21-75,92H2,1-20H3,(H,93,100)(H,94,101)(H,95,102)(H,96,103)(H,97,104). The van der Waals surface area contributed by atoms with Gasteiger partial charge in [0.15, 0.2) is 0 Å². The maximum absolute atomic E-state index is 15.0. The first-order valence-corrected chi connectivity index (χ1v) is 45.3. The number of nitrogens with two attached hydrogens (primary N) is 1. The molecular formula is C91H178N8O13. The van der Waals surface area contributed by atoms with Crippen LogP contribution in [0.2, 0.25) is 0 Å². The minimum atomic E-state index is -1.02. The zero-order valence-electron chi connectivity index (χ0n) is 76.2. The third kappa shape index (κ3) is 65.2. The maximum Gasteiger partial charge on any atom is 0.410 e. The summed E-state index contributed by atoms with van der Waals surface area (Å²) >= 11 is 0. The molecule has 0 saturated carbocycles. The van der Waals surface area contributed by atoms with E-state index in [1.807, 2.05) is 69.2 Å². The molecule has 112 heavy (non-hydrogen) atoms. The van der Waals surface area contributed by atoms with Gasteiger partial charge in [0.2, 0.25) is 5.91 Å². The first-order valence-electron chi connectivity index (χ1n) is 45.3. The number of alkyl carbamates (subject to hydrolysis) is 4. The Kier molecular flexibility index (Phi) is 57.9. The van der Waals surface area contributed by atoms with Crippen LogP contribution in [0.5, 0.6) is 0 Å². The van der Waals surface area contributed by atoms with Crippen LogP contribution in [0.4, 0.5) is 28.8 Å².